The standard InChI is InChI=1S/C25H18Cl2N2O4/c1-15-7-8-16(28-25(31)22-6-3-13-32-22)14-20(15)29-23(30)12-10-17-9-11-21(33-17)18-4-2-5-19(26)24(18)27/h2-14H,1H3,(H,28,31)(H,29,30)/b12-10+. The number of rotatable bonds is 6. The van der Waals surface area contributed by atoms with Gasteiger partial charge in [0.1, 0.15) is 11.5 Å². The van der Waals surface area contributed by atoms with Crippen LogP contribution in [0.4, 0.5) is 11.4 Å². The molecular formula is C25H18Cl2N2O4. The number of carbonyl (C=O) groups excluding carboxylic acids is 2. The quantitative estimate of drug-likeness (QED) is 0.289. The molecule has 0 saturated heterocycles. The lowest BCUT2D eigenvalue weighted by atomic mass is 10.1. The van der Waals surface area contributed by atoms with E-state index in [1.54, 1.807) is 66.7 Å². The van der Waals surface area contributed by atoms with Crippen molar-refractivity contribution in [2.75, 3.05) is 10.6 Å². The Balaban J connectivity index is 1.43. The number of aryl methyl sites for hydroxylation is 1. The Morgan fingerprint density at radius 1 is 0.970 bits per heavy atom. The SMILES string of the molecule is Cc1ccc(NC(=O)c2ccco2)cc1NC(=O)/C=C/c1ccc(-c2cccc(Cl)c2Cl)o1. The number of nitrogens with one attached hydrogen (secondary N) is 2. The van der Waals surface area contributed by atoms with Crippen molar-refractivity contribution >= 4 is 52.5 Å². The van der Waals surface area contributed by atoms with Crippen LogP contribution in [0.1, 0.15) is 21.9 Å². The van der Waals surface area contributed by atoms with Gasteiger partial charge in [-0.3, -0.25) is 9.59 Å². The fraction of sp³-hybridized carbons (Fsp3) is 0.0400. The molecule has 2 aromatic carbocycles. The van der Waals surface area contributed by atoms with Crippen LogP contribution in [0.15, 0.2) is 81.8 Å². The highest BCUT2D eigenvalue weighted by Gasteiger charge is 2.12. The molecule has 4 aromatic rings. The Labute approximate surface area is 199 Å². The predicted octanol–water partition coefficient (Wildman–Crippen LogP) is 7.06. The summed E-state index contributed by atoms with van der Waals surface area (Å²) in [6.45, 7) is 1.85. The van der Waals surface area contributed by atoms with Gasteiger partial charge in [-0.25, -0.2) is 0 Å². The fourth-order valence-electron chi connectivity index (χ4n) is 3.05. The van der Waals surface area contributed by atoms with Gasteiger partial charge in [-0.05, 0) is 67.1 Å². The van der Waals surface area contributed by atoms with E-state index in [1.165, 1.54) is 12.3 Å². The number of benzene rings is 2. The summed E-state index contributed by atoms with van der Waals surface area (Å²) in [4.78, 5) is 24.6. The van der Waals surface area contributed by atoms with Crippen molar-refractivity contribution in [2.45, 2.75) is 6.92 Å². The fourth-order valence-corrected chi connectivity index (χ4v) is 3.44. The van der Waals surface area contributed by atoms with Crippen molar-refractivity contribution < 1.29 is 18.4 Å². The van der Waals surface area contributed by atoms with Crippen LogP contribution >= 0.6 is 23.2 Å². The van der Waals surface area contributed by atoms with Crippen LogP contribution in [0, 0.1) is 6.92 Å². The molecule has 0 unspecified atom stereocenters. The van der Waals surface area contributed by atoms with Gasteiger partial charge in [0.25, 0.3) is 5.91 Å². The zero-order valence-corrected chi connectivity index (χ0v) is 18.9. The molecule has 166 valence electrons. The monoisotopic (exact) mass is 480 g/mol. The zero-order chi connectivity index (χ0) is 23.4. The van der Waals surface area contributed by atoms with Gasteiger partial charge in [0.05, 0.1) is 16.3 Å². The third-order valence-electron chi connectivity index (χ3n) is 4.74. The first kappa shape index (κ1) is 22.5. The molecular weight excluding hydrogens is 463 g/mol. The van der Waals surface area contributed by atoms with Gasteiger partial charge in [-0.2, -0.15) is 0 Å². The number of halogens is 2. The maximum absolute atomic E-state index is 12.5. The summed E-state index contributed by atoms with van der Waals surface area (Å²) in [5.41, 5.74) is 2.59. The maximum atomic E-state index is 12.5. The molecule has 0 spiro atoms. The van der Waals surface area contributed by atoms with Crippen molar-refractivity contribution in [3.05, 3.63) is 100 Å². The van der Waals surface area contributed by atoms with E-state index >= 15 is 0 Å². The van der Waals surface area contributed by atoms with Gasteiger partial charge in [0, 0.05) is 23.0 Å². The average molecular weight is 481 g/mol. The summed E-state index contributed by atoms with van der Waals surface area (Å²) in [6, 6.07) is 17.2. The number of hydrogen-bond donors (Lipinski definition) is 2. The Morgan fingerprint density at radius 2 is 1.82 bits per heavy atom. The van der Waals surface area contributed by atoms with Crippen molar-refractivity contribution in [2.24, 2.45) is 0 Å². The van der Waals surface area contributed by atoms with Crippen LogP contribution in [0.3, 0.4) is 0 Å². The molecule has 4 rings (SSSR count). The highest BCUT2D eigenvalue weighted by atomic mass is 35.5. The van der Waals surface area contributed by atoms with Crippen LogP contribution < -0.4 is 10.6 Å². The van der Waals surface area contributed by atoms with Gasteiger partial charge in [-0.15, -0.1) is 0 Å². The summed E-state index contributed by atoms with van der Waals surface area (Å²) < 4.78 is 10.9. The van der Waals surface area contributed by atoms with Crippen molar-refractivity contribution in [1.82, 2.24) is 0 Å². The summed E-state index contributed by atoms with van der Waals surface area (Å²) >= 11 is 12.3. The first-order chi connectivity index (χ1) is 15.9. The third kappa shape index (κ3) is 5.37. The van der Waals surface area contributed by atoms with Gasteiger partial charge in [-0.1, -0.05) is 35.3 Å². The molecule has 0 aliphatic rings. The lowest BCUT2D eigenvalue weighted by Gasteiger charge is -2.10. The smallest absolute Gasteiger partial charge is 0.291 e. The molecule has 2 aromatic heterocycles. The molecule has 0 radical (unpaired) electrons. The van der Waals surface area contributed by atoms with Gasteiger partial charge < -0.3 is 19.5 Å². The lowest BCUT2D eigenvalue weighted by Crippen LogP contribution is -2.12. The molecule has 0 fully saturated rings. The van der Waals surface area contributed by atoms with E-state index in [9.17, 15) is 9.59 Å². The van der Waals surface area contributed by atoms with Crippen molar-refractivity contribution in [1.29, 1.82) is 0 Å². The van der Waals surface area contributed by atoms with E-state index < -0.39 is 0 Å². The van der Waals surface area contributed by atoms with E-state index in [0.29, 0.717) is 38.5 Å². The number of amides is 2. The van der Waals surface area contributed by atoms with E-state index in [2.05, 4.69) is 10.6 Å². The molecule has 2 heterocycles. The topological polar surface area (TPSA) is 84.5 Å². The second-order valence-corrected chi connectivity index (χ2v) is 7.87. The largest absolute Gasteiger partial charge is 0.459 e. The third-order valence-corrected chi connectivity index (χ3v) is 5.56. The highest BCUT2D eigenvalue weighted by Crippen LogP contribution is 2.34. The molecule has 0 saturated carbocycles. The minimum Gasteiger partial charge on any atom is -0.459 e. The number of anilines is 2. The van der Waals surface area contributed by atoms with Crippen molar-refractivity contribution in [3.63, 3.8) is 0 Å². The summed E-state index contributed by atoms with van der Waals surface area (Å²) in [5.74, 6) is 0.479. The van der Waals surface area contributed by atoms with E-state index in [0.717, 1.165) is 5.56 Å². The molecule has 0 bridgehead atoms. The molecule has 0 aliphatic carbocycles. The Hall–Kier alpha value is -3.74. The lowest BCUT2D eigenvalue weighted by molar-refractivity contribution is -0.111. The van der Waals surface area contributed by atoms with Gasteiger partial charge in [0.2, 0.25) is 5.91 Å². The normalized spacial score (nSPS) is 11.0. The summed E-state index contributed by atoms with van der Waals surface area (Å²) in [5, 5.41) is 6.37. The second kappa shape index (κ2) is 9.81. The summed E-state index contributed by atoms with van der Waals surface area (Å²) in [6.07, 6.45) is 4.33. The van der Waals surface area contributed by atoms with Gasteiger partial charge in [0.15, 0.2) is 5.76 Å². The van der Waals surface area contributed by atoms with Crippen molar-refractivity contribution in [3.8, 4) is 11.3 Å². The van der Waals surface area contributed by atoms with E-state index in [-0.39, 0.29) is 17.6 Å². The molecule has 33 heavy (non-hydrogen) atoms. The minimum atomic E-state index is -0.380. The highest BCUT2D eigenvalue weighted by molar-refractivity contribution is 6.43. The zero-order valence-electron chi connectivity index (χ0n) is 17.4. The summed E-state index contributed by atoms with van der Waals surface area (Å²) in [7, 11) is 0. The molecule has 6 nitrogen and oxygen atoms in total. The van der Waals surface area contributed by atoms with E-state index in [4.69, 9.17) is 32.0 Å². The van der Waals surface area contributed by atoms with E-state index in [1.807, 2.05) is 6.92 Å². The average Bonchev–Trinajstić information content (AvgIpc) is 3.49. The molecule has 2 N–H and O–H groups in total. The molecule has 2 amide bonds. The molecule has 0 aliphatic heterocycles. The number of furan rings is 2. The van der Waals surface area contributed by atoms with Crippen LogP contribution in [0.25, 0.3) is 17.4 Å². The Bertz CT molecular complexity index is 1340. The minimum absolute atomic E-state index is 0.195. The molecule has 8 heteroatoms. The van der Waals surface area contributed by atoms with Crippen LogP contribution in [0.2, 0.25) is 10.0 Å². The van der Waals surface area contributed by atoms with Gasteiger partial charge >= 0.3 is 0 Å². The molecule has 0 atom stereocenters. The second-order valence-electron chi connectivity index (χ2n) is 7.09. The number of carbonyl (C=O) groups is 2. The van der Waals surface area contributed by atoms with Crippen LogP contribution in [-0.2, 0) is 4.79 Å². The number of hydrogen-bond acceptors (Lipinski definition) is 4. The Kier molecular flexibility index (Phi) is 6.68. The maximum Gasteiger partial charge on any atom is 0.291 e. The Morgan fingerprint density at radius 3 is 2.61 bits per heavy atom. The van der Waals surface area contributed by atoms with Crippen LogP contribution in [0.5, 0.6) is 0 Å². The van der Waals surface area contributed by atoms with Crippen LogP contribution in [-0.4, -0.2) is 11.8 Å². The first-order valence-corrected chi connectivity index (χ1v) is 10.6. The first-order valence-electron chi connectivity index (χ1n) is 9.89. The predicted molar refractivity (Wildman–Crippen MR) is 130 cm³/mol.